The number of hydrogen-bond donors (Lipinski definition) is 1. The molecule has 1 N–H and O–H groups in total. The number of hydrogen-bond acceptors (Lipinski definition) is 7. The van der Waals surface area contributed by atoms with Crippen LogP contribution in [0.5, 0.6) is 28.7 Å². The molecule has 0 aliphatic heterocycles. The van der Waals surface area contributed by atoms with Gasteiger partial charge in [0.1, 0.15) is 28.7 Å². The Morgan fingerprint density at radius 2 is 1.17 bits per heavy atom. The second-order valence-corrected chi connectivity index (χ2v) is 9.57. The lowest BCUT2D eigenvalue weighted by Gasteiger charge is -2.14. The van der Waals surface area contributed by atoms with Gasteiger partial charge in [-0.1, -0.05) is 0 Å². The van der Waals surface area contributed by atoms with Crippen LogP contribution in [0.1, 0.15) is 20.7 Å². The van der Waals surface area contributed by atoms with Gasteiger partial charge in [0.15, 0.2) is 0 Å². The highest BCUT2D eigenvalue weighted by atomic mass is 19.4. The number of carbonyl (C=O) groups is 2. The summed E-state index contributed by atoms with van der Waals surface area (Å²) in [6.45, 7) is 0. The average molecular weight is 646 g/mol. The Balaban J connectivity index is 1.69. The molecule has 4 aromatic carbocycles. The Labute approximate surface area is 255 Å². The van der Waals surface area contributed by atoms with Crippen molar-refractivity contribution in [2.24, 2.45) is 0 Å². The lowest BCUT2D eigenvalue weighted by atomic mass is 9.97. The number of aromatic nitrogens is 1. The van der Waals surface area contributed by atoms with E-state index in [4.69, 9.17) is 9.47 Å². The van der Waals surface area contributed by atoms with Gasteiger partial charge in [0.2, 0.25) is 11.6 Å². The van der Waals surface area contributed by atoms with E-state index in [9.17, 15) is 41.0 Å². The largest absolute Gasteiger partial charge is 0.573 e. The highest BCUT2D eigenvalue weighted by Crippen LogP contribution is 2.46. The molecule has 0 bridgehead atoms. The lowest BCUT2D eigenvalue weighted by molar-refractivity contribution is -0.275. The number of aromatic hydroxyl groups is 1. The Bertz CT molecular complexity index is 1910. The first-order chi connectivity index (χ1) is 21.7. The predicted octanol–water partition coefficient (Wildman–Crippen LogP) is 7.88. The number of methoxy groups -OCH3 is 2. The van der Waals surface area contributed by atoms with E-state index >= 15 is 0 Å². The third-order valence-electron chi connectivity index (χ3n) is 6.77. The van der Waals surface area contributed by atoms with E-state index in [1.165, 1.54) is 43.1 Å². The van der Waals surface area contributed by atoms with Crippen LogP contribution in [-0.2, 0) is 0 Å². The van der Waals surface area contributed by atoms with Crippen molar-refractivity contribution < 1.29 is 60.0 Å². The van der Waals surface area contributed by atoms with E-state index in [1.807, 2.05) is 0 Å². The fourth-order valence-electron chi connectivity index (χ4n) is 4.87. The molecule has 0 atom stereocenters. The van der Waals surface area contributed by atoms with Crippen LogP contribution in [-0.4, -0.2) is 48.2 Å². The van der Waals surface area contributed by atoms with Crippen molar-refractivity contribution in [2.45, 2.75) is 12.7 Å². The van der Waals surface area contributed by atoms with E-state index in [0.717, 1.165) is 36.4 Å². The fourth-order valence-corrected chi connectivity index (χ4v) is 4.87. The topological polar surface area (TPSA) is 96.2 Å². The van der Waals surface area contributed by atoms with Gasteiger partial charge in [0, 0.05) is 16.8 Å². The zero-order chi connectivity index (χ0) is 33.4. The van der Waals surface area contributed by atoms with Crippen molar-refractivity contribution in [3.63, 3.8) is 0 Å². The summed E-state index contributed by atoms with van der Waals surface area (Å²) in [5.41, 5.74) is 0.271. The maximum absolute atomic E-state index is 13.8. The average Bonchev–Trinajstić information content (AvgIpc) is 3.31. The molecule has 5 aromatic rings. The minimum atomic E-state index is -4.97. The van der Waals surface area contributed by atoms with Gasteiger partial charge in [-0.15, -0.1) is 26.3 Å². The van der Waals surface area contributed by atoms with Crippen LogP contribution < -0.4 is 18.9 Å². The predicted molar refractivity (Wildman–Crippen MR) is 152 cm³/mol. The fraction of sp³-hybridized carbons (Fsp3) is 0.125. The Hall–Kier alpha value is -5.66. The maximum atomic E-state index is 13.8. The maximum Gasteiger partial charge on any atom is 0.573 e. The summed E-state index contributed by atoms with van der Waals surface area (Å²) < 4.78 is 96.0. The van der Waals surface area contributed by atoms with Crippen LogP contribution in [0.3, 0.4) is 0 Å². The standard InChI is InChI=1S/C32H21F6NO7/c1-43-20-13-7-19(8-14-20)39-23-15-16-24(44-2)26(30(42)28(40)18-5-11-22(12-6-18)46-32(36,37)38)25(23)29(41)27(39)17-3-9-21(10-4-17)45-31(33,34)35/h3-16,41H,1-2H3. The van der Waals surface area contributed by atoms with Gasteiger partial charge in [0.05, 0.1) is 36.4 Å². The van der Waals surface area contributed by atoms with Crippen LogP contribution in [0.15, 0.2) is 84.9 Å². The molecule has 5 rings (SSSR count). The SMILES string of the molecule is COc1ccc(-n2c(-c3ccc(OC(F)(F)F)cc3)c(O)c3c(C(=O)C(=O)c4ccc(OC(F)(F)F)cc4)c(OC)ccc32)cc1. The molecule has 238 valence electrons. The number of benzene rings is 4. The molecule has 46 heavy (non-hydrogen) atoms. The molecule has 0 radical (unpaired) electrons. The molecule has 0 saturated carbocycles. The van der Waals surface area contributed by atoms with Gasteiger partial charge in [-0.2, -0.15) is 0 Å². The van der Waals surface area contributed by atoms with Crippen molar-refractivity contribution in [1.82, 2.24) is 4.57 Å². The zero-order valence-electron chi connectivity index (χ0n) is 23.7. The normalized spacial score (nSPS) is 11.7. The molecule has 0 spiro atoms. The van der Waals surface area contributed by atoms with E-state index in [2.05, 4.69) is 9.47 Å². The molecule has 0 fully saturated rings. The van der Waals surface area contributed by atoms with E-state index in [-0.39, 0.29) is 39.0 Å². The number of ether oxygens (including phenoxy) is 4. The van der Waals surface area contributed by atoms with E-state index in [0.29, 0.717) is 11.4 Å². The number of alkyl halides is 6. The molecule has 0 aliphatic carbocycles. The van der Waals surface area contributed by atoms with Gasteiger partial charge in [-0.25, -0.2) is 0 Å². The van der Waals surface area contributed by atoms with Crippen LogP contribution >= 0.6 is 0 Å². The number of nitrogens with zero attached hydrogens (tertiary/aromatic N) is 1. The molecular weight excluding hydrogens is 624 g/mol. The summed E-state index contributed by atoms with van der Waals surface area (Å²) in [7, 11) is 2.68. The number of fused-ring (bicyclic) bond motifs is 1. The van der Waals surface area contributed by atoms with Gasteiger partial charge < -0.3 is 28.6 Å². The first-order valence-electron chi connectivity index (χ1n) is 13.1. The highest BCUT2D eigenvalue weighted by Gasteiger charge is 2.33. The minimum absolute atomic E-state index is 0.0436. The lowest BCUT2D eigenvalue weighted by Crippen LogP contribution is -2.18. The Morgan fingerprint density at radius 3 is 1.67 bits per heavy atom. The number of halogens is 6. The third kappa shape index (κ3) is 6.41. The molecule has 0 unspecified atom stereocenters. The summed E-state index contributed by atoms with van der Waals surface area (Å²) in [5.74, 6) is -3.54. The molecule has 0 aliphatic rings. The minimum Gasteiger partial charge on any atom is -0.505 e. The van der Waals surface area contributed by atoms with Crippen LogP contribution in [0, 0.1) is 0 Å². The quantitative estimate of drug-likeness (QED) is 0.0990. The molecule has 1 aromatic heterocycles. The number of rotatable bonds is 9. The molecule has 14 heteroatoms. The number of carbonyl (C=O) groups excluding carboxylic acids is 2. The van der Waals surface area contributed by atoms with Crippen molar-refractivity contribution in [2.75, 3.05) is 14.2 Å². The third-order valence-corrected chi connectivity index (χ3v) is 6.77. The molecular formula is C32H21F6NO7. The summed E-state index contributed by atoms with van der Waals surface area (Å²) in [6, 6.07) is 17.7. The summed E-state index contributed by atoms with van der Waals surface area (Å²) >= 11 is 0. The molecule has 8 nitrogen and oxygen atoms in total. The van der Waals surface area contributed by atoms with Gasteiger partial charge in [-0.05, 0) is 84.9 Å². The Kier molecular flexibility index (Phi) is 8.30. The van der Waals surface area contributed by atoms with Crippen LogP contribution in [0.2, 0.25) is 0 Å². The second-order valence-electron chi connectivity index (χ2n) is 9.57. The molecule has 0 saturated heterocycles. The van der Waals surface area contributed by atoms with E-state index < -0.39 is 41.5 Å². The first kappa shape index (κ1) is 31.8. The van der Waals surface area contributed by atoms with Crippen molar-refractivity contribution in [3.05, 3.63) is 96.1 Å². The molecule has 0 amide bonds. The Morgan fingerprint density at radius 1 is 0.652 bits per heavy atom. The summed E-state index contributed by atoms with van der Waals surface area (Å²) in [4.78, 5) is 27.1. The summed E-state index contributed by atoms with van der Waals surface area (Å²) in [6.07, 6.45) is -9.91. The van der Waals surface area contributed by atoms with Crippen molar-refractivity contribution >= 4 is 22.5 Å². The van der Waals surface area contributed by atoms with Crippen molar-refractivity contribution in [1.29, 1.82) is 0 Å². The smallest absolute Gasteiger partial charge is 0.505 e. The second kappa shape index (κ2) is 12.0. The molecule has 1 heterocycles. The van der Waals surface area contributed by atoms with Crippen molar-refractivity contribution in [3.8, 4) is 45.7 Å². The monoisotopic (exact) mass is 645 g/mol. The number of Topliss-reactive ketones (excluding diaryl/α,β-unsaturated/α-hetero) is 2. The van der Waals surface area contributed by atoms with Crippen LogP contribution in [0.25, 0.3) is 27.8 Å². The zero-order valence-corrected chi connectivity index (χ0v) is 23.7. The highest BCUT2D eigenvalue weighted by molar-refractivity contribution is 6.51. The number of ketones is 2. The van der Waals surface area contributed by atoms with E-state index in [1.54, 1.807) is 24.3 Å². The van der Waals surface area contributed by atoms with Crippen LogP contribution in [0.4, 0.5) is 26.3 Å². The van der Waals surface area contributed by atoms with Gasteiger partial charge in [-0.3, -0.25) is 9.59 Å². The summed E-state index contributed by atoms with van der Waals surface area (Å²) in [5, 5.41) is 11.6. The first-order valence-corrected chi connectivity index (χ1v) is 13.1. The van der Waals surface area contributed by atoms with Gasteiger partial charge >= 0.3 is 12.7 Å². The van der Waals surface area contributed by atoms with Gasteiger partial charge in [0.25, 0.3) is 0 Å².